The Balaban J connectivity index is 1.56. The average molecular weight is 349 g/mol. The van der Waals surface area contributed by atoms with Crippen LogP contribution in [0.3, 0.4) is 0 Å². The molecule has 2 amide bonds. The Morgan fingerprint density at radius 2 is 1.44 bits per heavy atom. The van der Waals surface area contributed by atoms with Gasteiger partial charge >= 0.3 is 0 Å². The van der Waals surface area contributed by atoms with Gasteiger partial charge < -0.3 is 9.80 Å². The van der Waals surface area contributed by atoms with Crippen molar-refractivity contribution >= 4 is 11.8 Å². The van der Waals surface area contributed by atoms with E-state index >= 15 is 0 Å². The first-order valence-electron chi connectivity index (χ1n) is 10.6. The summed E-state index contributed by atoms with van der Waals surface area (Å²) in [6.07, 6.45) is 10.4. The zero-order valence-corrected chi connectivity index (χ0v) is 16.4. The molecule has 3 rings (SSSR count). The highest BCUT2D eigenvalue weighted by atomic mass is 16.2. The molecule has 1 saturated heterocycles. The minimum Gasteiger partial charge on any atom is -0.342 e. The molecule has 0 spiro atoms. The van der Waals surface area contributed by atoms with Gasteiger partial charge in [-0.15, -0.1) is 0 Å². The van der Waals surface area contributed by atoms with Crippen LogP contribution in [-0.4, -0.2) is 46.8 Å². The first kappa shape index (κ1) is 18.7. The van der Waals surface area contributed by atoms with Gasteiger partial charge in [0, 0.05) is 37.0 Å². The van der Waals surface area contributed by atoms with Crippen molar-refractivity contribution in [1.82, 2.24) is 9.80 Å². The number of carbonyl (C=O) groups is 2. The highest BCUT2D eigenvalue weighted by Crippen LogP contribution is 2.38. The summed E-state index contributed by atoms with van der Waals surface area (Å²) in [5.74, 6) is 1.71. The van der Waals surface area contributed by atoms with E-state index in [4.69, 9.17) is 0 Å². The van der Waals surface area contributed by atoms with E-state index in [9.17, 15) is 9.59 Å². The van der Waals surface area contributed by atoms with Gasteiger partial charge in [-0.25, -0.2) is 0 Å². The summed E-state index contributed by atoms with van der Waals surface area (Å²) >= 11 is 0. The van der Waals surface area contributed by atoms with Crippen molar-refractivity contribution in [2.45, 2.75) is 90.6 Å². The molecule has 2 aliphatic carbocycles. The molecule has 1 aliphatic heterocycles. The minimum atomic E-state index is 0.0592. The van der Waals surface area contributed by atoms with Gasteiger partial charge in [0.25, 0.3) is 0 Å². The highest BCUT2D eigenvalue weighted by Gasteiger charge is 2.41. The van der Waals surface area contributed by atoms with Gasteiger partial charge in [0.1, 0.15) is 0 Å². The smallest absolute Gasteiger partial charge is 0.226 e. The molecule has 0 N–H and O–H groups in total. The lowest BCUT2D eigenvalue weighted by atomic mass is 9.83. The molecule has 142 valence electrons. The van der Waals surface area contributed by atoms with E-state index < -0.39 is 0 Å². The lowest BCUT2D eigenvalue weighted by Crippen LogP contribution is -2.49. The molecule has 2 saturated carbocycles. The second-order valence-electron chi connectivity index (χ2n) is 8.81. The Kier molecular flexibility index (Phi) is 6.06. The van der Waals surface area contributed by atoms with Crippen molar-refractivity contribution in [2.24, 2.45) is 17.8 Å². The Labute approximate surface area is 153 Å². The van der Waals surface area contributed by atoms with Crippen LogP contribution in [0.5, 0.6) is 0 Å². The van der Waals surface area contributed by atoms with Crippen molar-refractivity contribution in [3.8, 4) is 0 Å². The predicted octanol–water partition coefficient (Wildman–Crippen LogP) is 3.84. The van der Waals surface area contributed by atoms with Crippen LogP contribution in [0.1, 0.15) is 78.6 Å². The first-order chi connectivity index (χ1) is 12.0. The normalized spacial score (nSPS) is 28.2. The summed E-state index contributed by atoms with van der Waals surface area (Å²) in [7, 11) is 0. The number of hydrogen-bond acceptors (Lipinski definition) is 2. The van der Waals surface area contributed by atoms with E-state index in [1.165, 1.54) is 44.9 Å². The maximum Gasteiger partial charge on any atom is 0.226 e. The third-order valence-electron chi connectivity index (χ3n) is 6.63. The maximum absolute atomic E-state index is 13.3. The van der Waals surface area contributed by atoms with E-state index in [0.717, 1.165) is 31.8 Å². The lowest BCUT2D eigenvalue weighted by Gasteiger charge is -2.40. The maximum atomic E-state index is 13.3. The molecule has 0 radical (unpaired) electrons. The number of amides is 2. The molecule has 25 heavy (non-hydrogen) atoms. The fourth-order valence-electron chi connectivity index (χ4n) is 4.76. The van der Waals surface area contributed by atoms with E-state index in [1.54, 1.807) is 0 Å². The largest absolute Gasteiger partial charge is 0.342 e. The summed E-state index contributed by atoms with van der Waals surface area (Å²) in [6.45, 7) is 7.73. The molecular formula is C21H36N2O2. The van der Waals surface area contributed by atoms with Gasteiger partial charge in [0.2, 0.25) is 11.8 Å². The lowest BCUT2D eigenvalue weighted by molar-refractivity contribution is -0.144. The third-order valence-corrected chi connectivity index (χ3v) is 6.63. The minimum absolute atomic E-state index is 0.0592. The summed E-state index contributed by atoms with van der Waals surface area (Å²) in [5.41, 5.74) is 0. The van der Waals surface area contributed by atoms with E-state index in [1.807, 2.05) is 18.7 Å². The Bertz CT molecular complexity index is 470. The summed E-state index contributed by atoms with van der Waals surface area (Å²) in [4.78, 5) is 29.7. The fraction of sp³-hybridized carbons (Fsp3) is 0.905. The van der Waals surface area contributed by atoms with E-state index in [-0.39, 0.29) is 17.7 Å². The van der Waals surface area contributed by atoms with Crippen LogP contribution in [-0.2, 0) is 9.59 Å². The van der Waals surface area contributed by atoms with Gasteiger partial charge in [-0.2, -0.15) is 0 Å². The van der Waals surface area contributed by atoms with Crippen LogP contribution in [0, 0.1) is 17.8 Å². The SMILES string of the molecule is CCC1CCC(N(C(=O)C2CCN(C(=O)C(C)C)CC2)C2CC2)CC1. The van der Waals surface area contributed by atoms with Gasteiger partial charge in [0.15, 0.2) is 0 Å². The zero-order chi connectivity index (χ0) is 18.0. The second kappa shape index (κ2) is 8.09. The Hall–Kier alpha value is -1.06. The zero-order valence-electron chi connectivity index (χ0n) is 16.4. The van der Waals surface area contributed by atoms with E-state index in [2.05, 4.69) is 11.8 Å². The summed E-state index contributed by atoms with van der Waals surface area (Å²) in [5, 5.41) is 0. The summed E-state index contributed by atoms with van der Waals surface area (Å²) < 4.78 is 0. The molecule has 3 aliphatic rings. The molecule has 0 unspecified atom stereocenters. The van der Waals surface area contributed by atoms with Gasteiger partial charge in [-0.1, -0.05) is 27.2 Å². The molecule has 4 nitrogen and oxygen atoms in total. The molecule has 3 fully saturated rings. The molecule has 0 aromatic carbocycles. The number of piperidine rings is 1. The Morgan fingerprint density at radius 1 is 0.920 bits per heavy atom. The monoisotopic (exact) mass is 348 g/mol. The standard InChI is InChI=1S/C21H36N2O2/c1-4-16-5-7-18(8-6-16)23(19-9-10-19)21(25)17-11-13-22(14-12-17)20(24)15(2)3/h15-19H,4-14H2,1-3H3. The highest BCUT2D eigenvalue weighted by molar-refractivity contribution is 5.81. The second-order valence-corrected chi connectivity index (χ2v) is 8.81. The van der Waals surface area contributed by atoms with Gasteiger partial charge in [-0.3, -0.25) is 9.59 Å². The molecule has 0 atom stereocenters. The number of hydrogen-bond donors (Lipinski definition) is 0. The topological polar surface area (TPSA) is 40.6 Å². The molecule has 0 bridgehead atoms. The molecule has 0 aromatic rings. The van der Waals surface area contributed by atoms with Crippen molar-refractivity contribution in [3.63, 3.8) is 0 Å². The van der Waals surface area contributed by atoms with Crippen LogP contribution in [0.4, 0.5) is 0 Å². The van der Waals surface area contributed by atoms with Crippen molar-refractivity contribution < 1.29 is 9.59 Å². The van der Waals surface area contributed by atoms with Gasteiger partial charge in [-0.05, 0) is 57.3 Å². The molecule has 1 heterocycles. The van der Waals surface area contributed by atoms with Crippen LogP contribution in [0.2, 0.25) is 0 Å². The van der Waals surface area contributed by atoms with E-state index in [0.29, 0.717) is 18.0 Å². The predicted molar refractivity (Wildman–Crippen MR) is 100 cm³/mol. The van der Waals surface area contributed by atoms with Crippen molar-refractivity contribution in [1.29, 1.82) is 0 Å². The molecule has 0 aromatic heterocycles. The average Bonchev–Trinajstić information content (AvgIpc) is 3.46. The number of likely N-dealkylation sites (tertiary alicyclic amines) is 1. The van der Waals surface area contributed by atoms with Crippen molar-refractivity contribution in [2.75, 3.05) is 13.1 Å². The van der Waals surface area contributed by atoms with Gasteiger partial charge in [0.05, 0.1) is 0 Å². The fourth-order valence-corrected chi connectivity index (χ4v) is 4.76. The van der Waals surface area contributed by atoms with Crippen LogP contribution >= 0.6 is 0 Å². The Morgan fingerprint density at radius 3 is 1.88 bits per heavy atom. The summed E-state index contributed by atoms with van der Waals surface area (Å²) in [6, 6.07) is 1.00. The quantitative estimate of drug-likeness (QED) is 0.757. The number of nitrogens with zero attached hydrogens (tertiary/aromatic N) is 2. The van der Waals surface area contributed by atoms with Crippen LogP contribution in [0.25, 0.3) is 0 Å². The molecular weight excluding hydrogens is 312 g/mol. The first-order valence-corrected chi connectivity index (χ1v) is 10.6. The van der Waals surface area contributed by atoms with Crippen molar-refractivity contribution in [3.05, 3.63) is 0 Å². The molecule has 4 heteroatoms. The van der Waals surface area contributed by atoms with Crippen LogP contribution < -0.4 is 0 Å². The number of rotatable bonds is 5. The third kappa shape index (κ3) is 4.38. The number of carbonyl (C=O) groups excluding carboxylic acids is 2. The van der Waals surface area contributed by atoms with Crippen LogP contribution in [0.15, 0.2) is 0 Å².